The van der Waals surface area contributed by atoms with Gasteiger partial charge in [-0.25, -0.2) is 13.9 Å². The quantitative estimate of drug-likeness (QED) is 0.645. The molecule has 2 heterocycles. The Hall–Kier alpha value is -2.57. The van der Waals surface area contributed by atoms with E-state index in [1.165, 1.54) is 28.9 Å². The van der Waals surface area contributed by atoms with Gasteiger partial charge >= 0.3 is 5.76 Å². The molecule has 0 radical (unpaired) electrons. The summed E-state index contributed by atoms with van der Waals surface area (Å²) in [5, 5.41) is 7.84. The largest absolute Gasteiger partial charge is 0.461 e. The summed E-state index contributed by atoms with van der Waals surface area (Å²) in [5.41, 5.74) is 1.86. The van der Waals surface area contributed by atoms with Gasteiger partial charge in [0.15, 0.2) is 11.2 Å². The molecule has 18 heavy (non-hydrogen) atoms. The molecule has 0 unspecified atom stereocenters. The number of hydrogen-bond donors (Lipinski definition) is 0. The van der Waals surface area contributed by atoms with Crippen molar-refractivity contribution in [3.63, 3.8) is 0 Å². The standard InChI is InChI=1S/C11H7FN4O2/c1-6-9-10(13-11(17)18-15-9)16(14-6)8-4-2-7(12)3-5-8/h2-5H,1H3. The third kappa shape index (κ3) is 1.56. The smallest absolute Gasteiger partial charge is 0.296 e. The van der Waals surface area contributed by atoms with E-state index in [9.17, 15) is 9.18 Å². The van der Waals surface area contributed by atoms with Crippen molar-refractivity contribution < 1.29 is 8.91 Å². The molecule has 6 nitrogen and oxygen atoms in total. The van der Waals surface area contributed by atoms with E-state index in [4.69, 9.17) is 0 Å². The van der Waals surface area contributed by atoms with Crippen LogP contribution in [0.2, 0.25) is 0 Å². The zero-order chi connectivity index (χ0) is 12.7. The third-order valence-corrected chi connectivity index (χ3v) is 2.49. The van der Waals surface area contributed by atoms with Crippen molar-refractivity contribution in [2.45, 2.75) is 6.92 Å². The van der Waals surface area contributed by atoms with Crippen LogP contribution >= 0.6 is 0 Å². The van der Waals surface area contributed by atoms with Gasteiger partial charge in [0.1, 0.15) is 5.82 Å². The van der Waals surface area contributed by atoms with Crippen molar-refractivity contribution in [1.29, 1.82) is 0 Å². The predicted molar refractivity (Wildman–Crippen MR) is 59.9 cm³/mol. The summed E-state index contributed by atoms with van der Waals surface area (Å²) in [4.78, 5) is 14.8. The van der Waals surface area contributed by atoms with Crippen molar-refractivity contribution in [2.24, 2.45) is 0 Å². The summed E-state index contributed by atoms with van der Waals surface area (Å²) in [7, 11) is 0. The first kappa shape index (κ1) is 10.6. The Morgan fingerprint density at radius 2 is 2.00 bits per heavy atom. The van der Waals surface area contributed by atoms with Crippen LogP contribution in [0.1, 0.15) is 5.69 Å². The van der Waals surface area contributed by atoms with Crippen LogP contribution in [0.4, 0.5) is 4.39 Å². The van der Waals surface area contributed by atoms with Gasteiger partial charge in [-0.05, 0) is 31.2 Å². The van der Waals surface area contributed by atoms with Gasteiger partial charge in [-0.2, -0.15) is 10.1 Å². The normalized spacial score (nSPS) is 11.0. The fraction of sp³-hybridized carbons (Fsp3) is 0.0909. The number of halogens is 1. The Morgan fingerprint density at radius 1 is 1.28 bits per heavy atom. The molecule has 0 aliphatic rings. The van der Waals surface area contributed by atoms with E-state index in [1.807, 2.05) is 0 Å². The average molecular weight is 246 g/mol. The molecule has 0 spiro atoms. The molecule has 0 atom stereocenters. The third-order valence-electron chi connectivity index (χ3n) is 2.49. The minimum Gasteiger partial charge on any atom is -0.296 e. The highest BCUT2D eigenvalue weighted by atomic mass is 19.1. The minimum absolute atomic E-state index is 0.287. The molecule has 7 heteroatoms. The van der Waals surface area contributed by atoms with Gasteiger partial charge in [0.25, 0.3) is 0 Å². The SMILES string of the molecule is Cc1nn(-c2ccc(F)cc2)c2nc(=O)onc12. The van der Waals surface area contributed by atoms with Crippen LogP contribution in [0, 0.1) is 12.7 Å². The number of fused-ring (bicyclic) bond motifs is 1. The van der Waals surface area contributed by atoms with Crippen LogP contribution < -0.4 is 5.76 Å². The molecule has 0 fully saturated rings. The van der Waals surface area contributed by atoms with Gasteiger partial charge in [0, 0.05) is 0 Å². The van der Waals surface area contributed by atoms with Crippen LogP contribution in [-0.2, 0) is 0 Å². The lowest BCUT2D eigenvalue weighted by atomic mass is 10.3. The van der Waals surface area contributed by atoms with Crippen molar-refractivity contribution in [3.8, 4) is 5.69 Å². The Balaban J connectivity index is 2.32. The summed E-state index contributed by atoms with van der Waals surface area (Å²) in [6, 6.07) is 5.68. The second kappa shape index (κ2) is 3.73. The summed E-state index contributed by atoms with van der Waals surface area (Å²) >= 11 is 0. The minimum atomic E-state index is -0.800. The van der Waals surface area contributed by atoms with Crippen LogP contribution in [-0.4, -0.2) is 19.9 Å². The number of nitrogens with zero attached hydrogens (tertiary/aromatic N) is 4. The van der Waals surface area contributed by atoms with E-state index in [1.54, 1.807) is 6.92 Å². The van der Waals surface area contributed by atoms with Crippen molar-refractivity contribution in [1.82, 2.24) is 19.9 Å². The lowest BCUT2D eigenvalue weighted by Crippen LogP contribution is -2.07. The molecule has 1 aromatic carbocycles. The maximum absolute atomic E-state index is 12.9. The maximum Gasteiger partial charge on any atom is 0.461 e. The van der Waals surface area contributed by atoms with Gasteiger partial charge in [-0.3, -0.25) is 4.52 Å². The highest BCUT2D eigenvalue weighted by Crippen LogP contribution is 2.16. The van der Waals surface area contributed by atoms with Crippen LogP contribution in [0.15, 0.2) is 33.6 Å². The Labute approximate surface area is 99.7 Å². The molecule has 2 aromatic heterocycles. The van der Waals surface area contributed by atoms with E-state index in [0.29, 0.717) is 16.9 Å². The molecule has 0 saturated carbocycles. The van der Waals surface area contributed by atoms with Gasteiger partial charge in [-0.1, -0.05) is 5.16 Å². The highest BCUT2D eigenvalue weighted by molar-refractivity contribution is 5.73. The lowest BCUT2D eigenvalue weighted by molar-refractivity contribution is 0.363. The highest BCUT2D eigenvalue weighted by Gasteiger charge is 2.13. The number of benzene rings is 1. The number of rotatable bonds is 1. The van der Waals surface area contributed by atoms with Crippen molar-refractivity contribution >= 4 is 11.2 Å². The molecule has 0 aliphatic carbocycles. The predicted octanol–water partition coefficient (Wildman–Crippen LogP) is 1.22. The van der Waals surface area contributed by atoms with E-state index < -0.39 is 5.76 Å². The van der Waals surface area contributed by atoms with E-state index >= 15 is 0 Å². The lowest BCUT2D eigenvalue weighted by Gasteiger charge is -2.00. The topological polar surface area (TPSA) is 73.8 Å². The molecular formula is C11H7FN4O2. The maximum atomic E-state index is 12.9. The van der Waals surface area contributed by atoms with Crippen LogP contribution in [0.3, 0.4) is 0 Å². The molecule has 90 valence electrons. The molecule has 0 saturated heterocycles. The number of hydrogen-bond acceptors (Lipinski definition) is 5. The van der Waals surface area contributed by atoms with Gasteiger partial charge in [0.2, 0.25) is 0 Å². The van der Waals surface area contributed by atoms with Crippen molar-refractivity contribution in [2.75, 3.05) is 0 Å². The summed E-state index contributed by atoms with van der Waals surface area (Å²) in [6.45, 7) is 1.72. The Kier molecular flexibility index (Phi) is 2.19. The van der Waals surface area contributed by atoms with Crippen LogP contribution in [0.25, 0.3) is 16.9 Å². The van der Waals surface area contributed by atoms with E-state index in [0.717, 1.165) is 0 Å². The molecular weight excluding hydrogens is 239 g/mol. The van der Waals surface area contributed by atoms with Gasteiger partial charge in [0.05, 0.1) is 11.4 Å². The molecule has 0 bridgehead atoms. The first-order valence-electron chi connectivity index (χ1n) is 5.14. The molecule has 0 amide bonds. The number of aromatic nitrogens is 4. The van der Waals surface area contributed by atoms with Gasteiger partial charge < -0.3 is 0 Å². The molecule has 3 aromatic rings. The fourth-order valence-electron chi connectivity index (χ4n) is 1.67. The second-order valence-electron chi connectivity index (χ2n) is 3.71. The fourth-order valence-corrected chi connectivity index (χ4v) is 1.67. The average Bonchev–Trinajstić information content (AvgIpc) is 2.67. The Morgan fingerprint density at radius 3 is 2.72 bits per heavy atom. The van der Waals surface area contributed by atoms with E-state index in [-0.39, 0.29) is 11.5 Å². The first-order valence-corrected chi connectivity index (χ1v) is 5.14. The monoisotopic (exact) mass is 246 g/mol. The molecule has 0 aliphatic heterocycles. The Bertz CT molecular complexity index is 776. The van der Waals surface area contributed by atoms with Gasteiger partial charge in [-0.15, -0.1) is 0 Å². The van der Waals surface area contributed by atoms with Crippen LogP contribution in [0.5, 0.6) is 0 Å². The van der Waals surface area contributed by atoms with Crippen molar-refractivity contribution in [3.05, 3.63) is 46.3 Å². The second-order valence-corrected chi connectivity index (χ2v) is 3.71. The molecule has 0 N–H and O–H groups in total. The van der Waals surface area contributed by atoms with E-state index in [2.05, 4.69) is 19.8 Å². The summed E-state index contributed by atoms with van der Waals surface area (Å²) < 4.78 is 18.7. The molecule has 3 rings (SSSR count). The summed E-state index contributed by atoms with van der Waals surface area (Å²) in [5.74, 6) is -1.15. The zero-order valence-corrected chi connectivity index (χ0v) is 9.29. The number of aryl methyl sites for hydroxylation is 1. The summed E-state index contributed by atoms with van der Waals surface area (Å²) in [6.07, 6.45) is 0. The zero-order valence-electron chi connectivity index (χ0n) is 9.29. The first-order chi connectivity index (χ1) is 8.65.